The van der Waals surface area contributed by atoms with Crippen LogP contribution in [-0.2, 0) is 5.54 Å². The van der Waals surface area contributed by atoms with E-state index in [0.29, 0.717) is 5.56 Å². The van der Waals surface area contributed by atoms with Crippen molar-refractivity contribution in [2.75, 3.05) is 26.2 Å². The Bertz CT molecular complexity index is 555. The van der Waals surface area contributed by atoms with Crippen molar-refractivity contribution in [2.45, 2.75) is 57.7 Å². The fraction of sp³-hybridized carbons (Fsp3) is 0.765. The first-order valence-electron chi connectivity index (χ1n) is 8.63. The first kappa shape index (κ1) is 16.5. The van der Waals surface area contributed by atoms with Gasteiger partial charge in [0.15, 0.2) is 0 Å². The molecule has 6 heteroatoms. The van der Waals surface area contributed by atoms with Gasteiger partial charge in [-0.1, -0.05) is 0 Å². The molecule has 1 N–H and O–H groups in total. The number of hydrogen-bond acceptors (Lipinski definition) is 4. The van der Waals surface area contributed by atoms with Gasteiger partial charge in [-0.25, -0.2) is 0 Å². The molecular formula is C17H28N4O2. The molecule has 3 rings (SSSR count). The molecule has 1 aliphatic heterocycles. The summed E-state index contributed by atoms with van der Waals surface area (Å²) in [5.41, 5.74) is 0.546. The Morgan fingerprint density at radius 3 is 2.43 bits per heavy atom. The van der Waals surface area contributed by atoms with Crippen molar-refractivity contribution in [1.29, 1.82) is 0 Å². The summed E-state index contributed by atoms with van der Waals surface area (Å²) in [6, 6.07) is 0.288. The Morgan fingerprint density at radius 1 is 1.22 bits per heavy atom. The lowest BCUT2D eigenvalue weighted by Crippen LogP contribution is -2.53. The van der Waals surface area contributed by atoms with Crippen molar-refractivity contribution in [3.05, 3.63) is 18.0 Å². The van der Waals surface area contributed by atoms with Crippen LogP contribution in [0.25, 0.3) is 0 Å². The lowest BCUT2D eigenvalue weighted by atomic mass is 10.1. The molecule has 6 nitrogen and oxygen atoms in total. The number of carbonyl (C=O) groups excluding carboxylic acids is 1. The van der Waals surface area contributed by atoms with E-state index in [1.54, 1.807) is 6.20 Å². The minimum atomic E-state index is -0.192. The number of rotatable bonds is 2. The van der Waals surface area contributed by atoms with Crippen molar-refractivity contribution in [1.82, 2.24) is 19.6 Å². The Morgan fingerprint density at radius 2 is 1.91 bits per heavy atom. The zero-order chi connectivity index (χ0) is 16.6. The lowest BCUT2D eigenvalue weighted by molar-refractivity contribution is 0.0315. The summed E-state index contributed by atoms with van der Waals surface area (Å²) in [6.07, 6.45) is 6.42. The normalized spacial score (nSPS) is 26.7. The first-order chi connectivity index (χ1) is 10.9. The molecule has 0 bridgehead atoms. The summed E-state index contributed by atoms with van der Waals surface area (Å²) in [6.45, 7) is 9.35. The number of carbonyl (C=O) groups is 1. The second-order valence-electron chi connectivity index (χ2n) is 7.74. The van der Waals surface area contributed by atoms with Gasteiger partial charge in [-0.3, -0.25) is 14.4 Å². The van der Waals surface area contributed by atoms with Gasteiger partial charge in [-0.2, -0.15) is 5.10 Å². The van der Waals surface area contributed by atoms with Crippen LogP contribution in [0.4, 0.5) is 0 Å². The van der Waals surface area contributed by atoms with Crippen LogP contribution in [0.2, 0.25) is 0 Å². The standard InChI is InChI=1S/C17H28N4O2/c1-17(2,3)21-12-13(11-18-21)16(23)20-9-7-19(8-10-20)14-5-4-6-15(14)22/h11-12,14-15,22H,4-10H2,1-3H3/t14-,15+/m1/s1. The highest BCUT2D eigenvalue weighted by molar-refractivity contribution is 5.93. The predicted molar refractivity (Wildman–Crippen MR) is 88.3 cm³/mol. The largest absolute Gasteiger partial charge is 0.391 e. The number of aromatic nitrogens is 2. The third kappa shape index (κ3) is 3.43. The van der Waals surface area contributed by atoms with Crippen LogP contribution in [0.5, 0.6) is 0 Å². The van der Waals surface area contributed by atoms with E-state index in [1.807, 2.05) is 15.8 Å². The van der Waals surface area contributed by atoms with Crippen LogP contribution >= 0.6 is 0 Å². The van der Waals surface area contributed by atoms with E-state index in [-0.39, 0.29) is 23.6 Å². The number of aliphatic hydroxyl groups excluding tert-OH is 1. The highest BCUT2D eigenvalue weighted by Gasteiger charge is 2.33. The molecular weight excluding hydrogens is 292 g/mol. The molecule has 2 atom stereocenters. The Balaban J connectivity index is 1.59. The maximum atomic E-state index is 12.6. The van der Waals surface area contributed by atoms with Crippen LogP contribution in [-0.4, -0.2) is 68.9 Å². The molecule has 23 heavy (non-hydrogen) atoms. The quantitative estimate of drug-likeness (QED) is 0.892. The summed E-state index contributed by atoms with van der Waals surface area (Å²) in [4.78, 5) is 16.9. The van der Waals surface area contributed by atoms with Crippen molar-refractivity contribution in [3.63, 3.8) is 0 Å². The predicted octanol–water partition coefficient (Wildman–Crippen LogP) is 1.31. The number of nitrogens with zero attached hydrogens (tertiary/aromatic N) is 4. The van der Waals surface area contributed by atoms with Gasteiger partial charge >= 0.3 is 0 Å². The smallest absolute Gasteiger partial charge is 0.257 e. The van der Waals surface area contributed by atoms with Crippen LogP contribution in [0.3, 0.4) is 0 Å². The minimum Gasteiger partial charge on any atom is -0.391 e. The highest BCUT2D eigenvalue weighted by Crippen LogP contribution is 2.25. The zero-order valence-electron chi connectivity index (χ0n) is 14.4. The maximum Gasteiger partial charge on any atom is 0.257 e. The molecule has 1 aromatic rings. The molecule has 2 aliphatic rings. The summed E-state index contributed by atoms with van der Waals surface area (Å²) < 4.78 is 1.84. The second-order valence-corrected chi connectivity index (χ2v) is 7.74. The van der Waals surface area contributed by atoms with E-state index in [1.165, 1.54) is 0 Å². The minimum absolute atomic E-state index is 0.0621. The molecule has 1 saturated heterocycles. The maximum absolute atomic E-state index is 12.6. The van der Waals surface area contributed by atoms with Crippen molar-refractivity contribution in [3.8, 4) is 0 Å². The van der Waals surface area contributed by atoms with Crippen molar-refractivity contribution in [2.24, 2.45) is 0 Å². The van der Waals surface area contributed by atoms with Gasteiger partial charge in [0.25, 0.3) is 5.91 Å². The summed E-state index contributed by atoms with van der Waals surface area (Å²) >= 11 is 0. The topological polar surface area (TPSA) is 61.6 Å². The van der Waals surface area contributed by atoms with Gasteiger partial charge in [0.1, 0.15) is 0 Å². The summed E-state index contributed by atoms with van der Waals surface area (Å²) in [5, 5.41) is 14.4. The fourth-order valence-electron chi connectivity index (χ4n) is 3.59. The fourth-order valence-corrected chi connectivity index (χ4v) is 3.59. The average Bonchev–Trinajstić information content (AvgIpc) is 3.15. The van der Waals surface area contributed by atoms with Crippen molar-refractivity contribution < 1.29 is 9.90 Å². The number of amides is 1. The summed E-state index contributed by atoms with van der Waals surface area (Å²) in [7, 11) is 0. The van der Waals surface area contributed by atoms with E-state index in [0.717, 1.165) is 45.4 Å². The van der Waals surface area contributed by atoms with Crippen LogP contribution in [0.1, 0.15) is 50.4 Å². The molecule has 2 heterocycles. The molecule has 1 aliphatic carbocycles. The van der Waals surface area contributed by atoms with Gasteiger partial charge in [0.2, 0.25) is 0 Å². The molecule has 128 valence electrons. The van der Waals surface area contributed by atoms with Gasteiger partial charge in [-0.15, -0.1) is 0 Å². The SMILES string of the molecule is CC(C)(C)n1cc(C(=O)N2CCN([C@@H]3CCC[C@@H]3O)CC2)cn1. The van der Waals surface area contributed by atoms with Gasteiger partial charge in [0.05, 0.1) is 23.4 Å². The van der Waals surface area contributed by atoms with E-state index in [4.69, 9.17) is 0 Å². The third-order valence-corrected chi connectivity index (χ3v) is 5.03. The number of hydrogen-bond donors (Lipinski definition) is 1. The van der Waals surface area contributed by atoms with Crippen LogP contribution < -0.4 is 0 Å². The molecule has 2 fully saturated rings. The van der Waals surface area contributed by atoms with E-state index in [2.05, 4.69) is 30.8 Å². The molecule has 0 radical (unpaired) electrons. The van der Waals surface area contributed by atoms with Crippen LogP contribution in [0.15, 0.2) is 12.4 Å². The summed E-state index contributed by atoms with van der Waals surface area (Å²) in [5.74, 6) is 0.0621. The molecule has 1 aromatic heterocycles. The lowest BCUT2D eigenvalue weighted by Gasteiger charge is -2.39. The van der Waals surface area contributed by atoms with E-state index < -0.39 is 0 Å². The zero-order valence-corrected chi connectivity index (χ0v) is 14.4. The third-order valence-electron chi connectivity index (χ3n) is 5.03. The Labute approximate surface area is 138 Å². The Kier molecular flexibility index (Phi) is 4.47. The molecule has 1 amide bonds. The molecule has 0 unspecified atom stereocenters. The molecule has 0 aromatic carbocycles. The Hall–Kier alpha value is -1.40. The van der Waals surface area contributed by atoms with Crippen LogP contribution in [0, 0.1) is 0 Å². The second kappa shape index (κ2) is 6.24. The first-order valence-corrected chi connectivity index (χ1v) is 8.63. The highest BCUT2D eigenvalue weighted by atomic mass is 16.3. The van der Waals surface area contributed by atoms with E-state index in [9.17, 15) is 9.90 Å². The van der Waals surface area contributed by atoms with E-state index >= 15 is 0 Å². The average molecular weight is 320 g/mol. The monoisotopic (exact) mass is 320 g/mol. The van der Waals surface area contributed by atoms with Gasteiger partial charge in [-0.05, 0) is 40.0 Å². The molecule has 0 spiro atoms. The van der Waals surface area contributed by atoms with Crippen molar-refractivity contribution >= 4 is 5.91 Å². The van der Waals surface area contributed by atoms with Gasteiger partial charge < -0.3 is 10.0 Å². The number of piperazine rings is 1. The molecule has 1 saturated carbocycles. The number of aliphatic hydroxyl groups is 1. The van der Waals surface area contributed by atoms with Gasteiger partial charge in [0, 0.05) is 38.4 Å².